The maximum absolute atomic E-state index is 5.79. The Morgan fingerprint density at radius 1 is 1.10 bits per heavy atom. The minimum atomic E-state index is 0.00822. The zero-order valence-electron chi connectivity index (χ0n) is 14.8. The molecule has 0 amide bonds. The van der Waals surface area contributed by atoms with E-state index < -0.39 is 0 Å². The molecular weight excluding hydrogens is 296 g/mol. The van der Waals surface area contributed by atoms with Gasteiger partial charge in [-0.2, -0.15) is 0 Å². The fraction of sp³-hybridized carbons (Fsp3) is 0.882. The van der Waals surface area contributed by atoms with Crippen molar-refractivity contribution < 1.29 is 0 Å². The predicted molar refractivity (Wildman–Crippen MR) is 103 cm³/mol. The van der Waals surface area contributed by atoms with Gasteiger partial charge in [0, 0.05) is 19.1 Å². The summed E-state index contributed by atoms with van der Waals surface area (Å²) in [7, 11) is 2.12. The summed E-state index contributed by atoms with van der Waals surface area (Å²) in [6.07, 6.45) is 7.17. The molecule has 1 atom stereocenters. The Hall–Kier alpha value is -0.220. The van der Waals surface area contributed by atoms with Gasteiger partial charge in [0.05, 0.1) is 11.5 Å². The topological polar surface area (TPSA) is 6.48 Å². The molecule has 0 aliphatic carbocycles. The van der Waals surface area contributed by atoms with E-state index in [-0.39, 0.29) is 11.6 Å². The third kappa shape index (κ3) is 7.55. The average Bonchev–Trinajstić information content (AvgIpc) is 2.41. The van der Waals surface area contributed by atoms with Crippen LogP contribution in [0.4, 0.5) is 0 Å². The smallest absolute Gasteiger partial charge is 0.101 e. The Balaban J connectivity index is 5.01. The van der Waals surface area contributed by atoms with E-state index in [1.54, 1.807) is 5.49 Å². The van der Waals surface area contributed by atoms with Gasteiger partial charge in [-0.05, 0) is 33.6 Å². The van der Waals surface area contributed by atoms with Gasteiger partial charge in [-0.3, -0.25) is 0 Å². The van der Waals surface area contributed by atoms with Crippen molar-refractivity contribution in [1.29, 1.82) is 0 Å². The maximum Gasteiger partial charge on any atom is 0.101 e. The molecule has 0 rings (SSSR count). The number of unbranched alkanes of at least 4 members (excludes halogenated alkanes) is 3. The second-order valence-electron chi connectivity index (χ2n) is 6.81. The monoisotopic (exact) mass is 330 g/mol. The highest BCUT2D eigenvalue weighted by Crippen LogP contribution is 2.22. The molecule has 0 fully saturated rings. The summed E-state index contributed by atoms with van der Waals surface area (Å²) >= 11 is 11.1. The van der Waals surface area contributed by atoms with Gasteiger partial charge in [-0.1, -0.05) is 64.0 Å². The maximum atomic E-state index is 5.79. The number of thiocarbonyl (C=S) groups is 2. The molecule has 124 valence electrons. The van der Waals surface area contributed by atoms with Crippen molar-refractivity contribution >= 4 is 34.9 Å². The number of hydrogen-bond donors (Lipinski definition) is 0. The average molecular weight is 331 g/mol. The van der Waals surface area contributed by atoms with E-state index in [1.165, 1.54) is 32.1 Å². The van der Waals surface area contributed by atoms with Crippen LogP contribution < -0.4 is 0 Å². The largest absolute Gasteiger partial charge is 0.368 e. The fourth-order valence-electron chi connectivity index (χ4n) is 2.43. The van der Waals surface area contributed by atoms with Crippen molar-refractivity contribution in [1.82, 2.24) is 9.80 Å². The third-order valence-corrected chi connectivity index (χ3v) is 4.62. The van der Waals surface area contributed by atoms with E-state index in [0.717, 1.165) is 18.0 Å². The van der Waals surface area contributed by atoms with Crippen LogP contribution in [0.25, 0.3) is 0 Å². The normalized spacial score (nSPS) is 12.9. The highest BCUT2D eigenvalue weighted by molar-refractivity contribution is 7.80. The SMILES string of the molecule is CCCCCC(C(=S)N(C)CCCC)N(C=S)C(C)(C)C. The lowest BCUT2D eigenvalue weighted by Gasteiger charge is -2.42. The molecule has 0 aliphatic rings. The lowest BCUT2D eigenvalue weighted by Crippen LogP contribution is -2.53. The summed E-state index contributed by atoms with van der Waals surface area (Å²) in [5.41, 5.74) is 1.81. The van der Waals surface area contributed by atoms with Crippen LogP contribution in [0.3, 0.4) is 0 Å². The second-order valence-corrected chi connectivity index (χ2v) is 7.44. The van der Waals surface area contributed by atoms with Crippen LogP contribution in [-0.4, -0.2) is 45.5 Å². The van der Waals surface area contributed by atoms with Crippen molar-refractivity contribution in [2.24, 2.45) is 0 Å². The molecule has 0 heterocycles. The highest BCUT2D eigenvalue weighted by Gasteiger charge is 2.30. The Morgan fingerprint density at radius 3 is 2.10 bits per heavy atom. The van der Waals surface area contributed by atoms with Gasteiger partial charge in [0.1, 0.15) is 4.99 Å². The van der Waals surface area contributed by atoms with E-state index in [0.29, 0.717) is 0 Å². The van der Waals surface area contributed by atoms with Gasteiger partial charge in [0.25, 0.3) is 0 Å². The molecule has 2 nitrogen and oxygen atoms in total. The van der Waals surface area contributed by atoms with Crippen LogP contribution in [0, 0.1) is 0 Å². The van der Waals surface area contributed by atoms with Crippen LogP contribution in [0.15, 0.2) is 0 Å². The molecule has 4 heteroatoms. The zero-order valence-corrected chi connectivity index (χ0v) is 16.4. The van der Waals surface area contributed by atoms with Gasteiger partial charge in [0.15, 0.2) is 0 Å². The van der Waals surface area contributed by atoms with Gasteiger partial charge < -0.3 is 9.80 Å². The van der Waals surface area contributed by atoms with Crippen molar-refractivity contribution in [2.45, 2.75) is 84.7 Å². The number of rotatable bonds is 10. The van der Waals surface area contributed by atoms with Gasteiger partial charge in [-0.25, -0.2) is 0 Å². The van der Waals surface area contributed by atoms with Crippen molar-refractivity contribution in [2.75, 3.05) is 13.6 Å². The van der Waals surface area contributed by atoms with E-state index in [2.05, 4.69) is 51.5 Å². The number of nitrogens with zero attached hydrogens (tertiary/aromatic N) is 2. The third-order valence-electron chi connectivity index (χ3n) is 3.81. The molecule has 0 radical (unpaired) electrons. The summed E-state index contributed by atoms with van der Waals surface area (Å²) in [5, 5.41) is 0. The summed E-state index contributed by atoms with van der Waals surface area (Å²) in [4.78, 5) is 5.55. The zero-order chi connectivity index (χ0) is 16.5. The van der Waals surface area contributed by atoms with Crippen molar-refractivity contribution in [3.05, 3.63) is 0 Å². The first-order valence-electron chi connectivity index (χ1n) is 8.28. The molecule has 0 saturated carbocycles. The number of hydrogen-bond acceptors (Lipinski definition) is 2. The van der Waals surface area contributed by atoms with Crippen LogP contribution >= 0.6 is 24.4 Å². The van der Waals surface area contributed by atoms with Gasteiger partial charge in [0.2, 0.25) is 0 Å². The second kappa shape index (κ2) is 10.5. The molecule has 0 spiro atoms. The molecule has 0 aromatic carbocycles. The molecule has 0 saturated heterocycles. The van der Waals surface area contributed by atoms with Crippen LogP contribution in [0.1, 0.15) is 73.1 Å². The quantitative estimate of drug-likeness (QED) is 0.408. The van der Waals surface area contributed by atoms with Crippen LogP contribution in [0.5, 0.6) is 0 Å². The Bertz CT molecular complexity index is 310. The molecule has 21 heavy (non-hydrogen) atoms. The Kier molecular flexibility index (Phi) is 10.4. The highest BCUT2D eigenvalue weighted by atomic mass is 32.1. The van der Waals surface area contributed by atoms with Gasteiger partial charge in [-0.15, -0.1) is 0 Å². The molecular formula is C17H34N2S2. The van der Waals surface area contributed by atoms with E-state index in [9.17, 15) is 0 Å². The fourth-order valence-corrected chi connectivity index (χ4v) is 3.21. The first kappa shape index (κ1) is 20.8. The molecule has 0 aromatic rings. The molecule has 0 bridgehead atoms. The Morgan fingerprint density at radius 2 is 1.67 bits per heavy atom. The van der Waals surface area contributed by atoms with E-state index in [4.69, 9.17) is 24.4 Å². The minimum absolute atomic E-state index is 0.00822. The van der Waals surface area contributed by atoms with E-state index >= 15 is 0 Å². The lowest BCUT2D eigenvalue weighted by atomic mass is 9.99. The molecule has 0 aliphatic heterocycles. The lowest BCUT2D eigenvalue weighted by molar-refractivity contribution is 0.205. The first-order chi connectivity index (χ1) is 9.79. The molecule has 0 N–H and O–H groups in total. The molecule has 1 unspecified atom stereocenters. The minimum Gasteiger partial charge on any atom is -0.368 e. The predicted octanol–water partition coefficient (Wildman–Crippen LogP) is 5.05. The summed E-state index contributed by atoms with van der Waals surface area (Å²) in [6.45, 7) is 12.1. The standard InChI is InChI=1S/C17H34N2S2/c1-7-9-11-12-15(19(14-20)17(3,4)5)16(21)18(6)13-10-8-2/h14-15H,7-13H2,1-6H3. The van der Waals surface area contributed by atoms with Crippen molar-refractivity contribution in [3.8, 4) is 0 Å². The summed E-state index contributed by atoms with van der Waals surface area (Å²) in [6, 6.07) is 0.242. The molecule has 0 aromatic heterocycles. The van der Waals surface area contributed by atoms with Gasteiger partial charge >= 0.3 is 0 Å². The van der Waals surface area contributed by atoms with Crippen molar-refractivity contribution in [3.63, 3.8) is 0 Å². The first-order valence-corrected chi connectivity index (χ1v) is 9.16. The summed E-state index contributed by atoms with van der Waals surface area (Å²) < 4.78 is 0. The van der Waals surface area contributed by atoms with Crippen LogP contribution in [-0.2, 0) is 0 Å². The Labute approximate surface area is 143 Å². The van der Waals surface area contributed by atoms with Crippen LogP contribution in [0.2, 0.25) is 0 Å². The summed E-state index contributed by atoms with van der Waals surface area (Å²) in [5.74, 6) is 0. The number of likely N-dealkylation sites (N-methyl/N-ethyl adjacent to an activating group) is 1. The van der Waals surface area contributed by atoms with E-state index in [1.807, 2.05) is 0 Å².